The highest BCUT2D eigenvalue weighted by molar-refractivity contribution is 5.84. The molecule has 1 amide bonds. The van der Waals surface area contributed by atoms with Crippen LogP contribution in [0.5, 0.6) is 0 Å². The maximum Gasteiger partial charge on any atom is 0.410 e. The number of hydrogen-bond acceptors (Lipinski definition) is 8. The molecule has 2 aliphatic rings. The number of aromatic nitrogens is 4. The zero-order valence-corrected chi connectivity index (χ0v) is 18.4. The fourth-order valence-corrected chi connectivity index (χ4v) is 3.77. The second-order valence-electron chi connectivity index (χ2n) is 9.32. The van der Waals surface area contributed by atoms with E-state index in [1.54, 1.807) is 4.90 Å². The summed E-state index contributed by atoms with van der Waals surface area (Å²) >= 11 is 0. The SMILES string of the molecule is CC(C)(C)OC(=O)N1CC[C@H](Nc2nc(NC(CO)C3CC3)nc3c2ncn3C(F)F)C1. The molecule has 1 aliphatic carbocycles. The van der Waals surface area contributed by atoms with Crippen LogP contribution >= 0.6 is 0 Å². The van der Waals surface area contributed by atoms with Crippen LogP contribution in [0.2, 0.25) is 0 Å². The summed E-state index contributed by atoms with van der Waals surface area (Å²) in [5.41, 5.74) is -0.373. The average Bonchev–Trinajstić information content (AvgIpc) is 3.27. The quantitative estimate of drug-likeness (QED) is 0.586. The predicted octanol–water partition coefficient (Wildman–Crippen LogP) is 2.83. The lowest BCUT2D eigenvalue weighted by molar-refractivity contribution is 0.0293. The van der Waals surface area contributed by atoms with Gasteiger partial charge in [0.15, 0.2) is 17.0 Å². The van der Waals surface area contributed by atoms with Gasteiger partial charge in [0.05, 0.1) is 12.6 Å². The molecule has 1 saturated heterocycles. The molecule has 1 unspecified atom stereocenters. The van der Waals surface area contributed by atoms with E-state index in [4.69, 9.17) is 4.74 Å². The van der Waals surface area contributed by atoms with Crippen LogP contribution in [0.15, 0.2) is 6.33 Å². The number of imidazole rings is 1. The Kier molecular flexibility index (Phi) is 6.06. The fraction of sp³-hybridized carbons (Fsp3) is 0.700. The summed E-state index contributed by atoms with van der Waals surface area (Å²) in [6, 6.07) is -0.389. The monoisotopic (exact) mass is 453 g/mol. The van der Waals surface area contributed by atoms with E-state index in [0.29, 0.717) is 35.8 Å². The number of carbonyl (C=O) groups excluding carboxylic acids is 1. The standard InChI is InChI=1S/C20H29F2N7O3/c1-20(2,3)32-19(31)28-7-6-12(8-28)24-15-14-16(29(10-23-14)17(21)22)27-18(26-15)25-13(9-30)11-4-5-11/h10-13,17,30H,4-9H2,1-3H3,(H2,24,25,26,27)/t12-,13?/m0/s1. The van der Waals surface area contributed by atoms with Crippen LogP contribution in [0.25, 0.3) is 11.2 Å². The van der Waals surface area contributed by atoms with Crippen LogP contribution in [-0.4, -0.2) is 73.0 Å². The van der Waals surface area contributed by atoms with Crippen molar-refractivity contribution >= 4 is 29.0 Å². The summed E-state index contributed by atoms with van der Waals surface area (Å²) in [6.45, 7) is 3.42. The summed E-state index contributed by atoms with van der Waals surface area (Å²) < 4.78 is 33.0. The van der Waals surface area contributed by atoms with Gasteiger partial charge < -0.3 is 25.4 Å². The van der Waals surface area contributed by atoms with Crippen molar-refractivity contribution in [3.8, 4) is 0 Å². The number of ether oxygens (including phenoxy) is 1. The van der Waals surface area contributed by atoms with Crippen LogP contribution in [0, 0.1) is 5.92 Å². The molecule has 3 N–H and O–H groups in total. The van der Waals surface area contributed by atoms with Crippen molar-refractivity contribution in [2.45, 2.75) is 64.3 Å². The second-order valence-corrected chi connectivity index (χ2v) is 9.32. The van der Waals surface area contributed by atoms with E-state index in [2.05, 4.69) is 25.6 Å². The highest BCUT2D eigenvalue weighted by atomic mass is 19.3. The van der Waals surface area contributed by atoms with Crippen molar-refractivity contribution in [3.05, 3.63) is 6.33 Å². The predicted molar refractivity (Wildman–Crippen MR) is 114 cm³/mol. The molecule has 176 valence electrons. The molecule has 2 atom stereocenters. The molecule has 2 aromatic heterocycles. The third-order valence-corrected chi connectivity index (χ3v) is 5.51. The first-order chi connectivity index (χ1) is 15.1. The number of amides is 1. The number of hydrogen-bond donors (Lipinski definition) is 3. The summed E-state index contributed by atoms with van der Waals surface area (Å²) in [4.78, 5) is 26.7. The lowest BCUT2D eigenvalue weighted by Crippen LogP contribution is -2.36. The molecule has 4 rings (SSSR count). The van der Waals surface area contributed by atoms with Gasteiger partial charge in [-0.3, -0.25) is 4.57 Å². The minimum absolute atomic E-state index is 0.00511. The number of halogens is 2. The Morgan fingerprint density at radius 3 is 2.69 bits per heavy atom. The van der Waals surface area contributed by atoms with E-state index in [9.17, 15) is 18.7 Å². The average molecular weight is 453 g/mol. The number of fused-ring (bicyclic) bond motifs is 1. The molecule has 32 heavy (non-hydrogen) atoms. The van der Waals surface area contributed by atoms with Crippen molar-refractivity contribution in [2.75, 3.05) is 30.3 Å². The highest BCUT2D eigenvalue weighted by Crippen LogP contribution is 2.34. The third-order valence-electron chi connectivity index (χ3n) is 5.51. The Morgan fingerprint density at radius 2 is 2.06 bits per heavy atom. The molecule has 0 bridgehead atoms. The number of carbonyl (C=O) groups is 1. The molecule has 3 heterocycles. The van der Waals surface area contributed by atoms with Gasteiger partial charge in [-0.15, -0.1) is 0 Å². The first kappa shape index (κ1) is 22.4. The summed E-state index contributed by atoms with van der Waals surface area (Å²) in [6.07, 6.45) is 3.26. The normalized spacial score (nSPS) is 20.1. The zero-order chi connectivity index (χ0) is 23.0. The van der Waals surface area contributed by atoms with Gasteiger partial charge >= 0.3 is 12.6 Å². The molecule has 2 aromatic rings. The molecule has 0 aromatic carbocycles. The summed E-state index contributed by atoms with van der Waals surface area (Å²) in [7, 11) is 0. The minimum Gasteiger partial charge on any atom is -0.444 e. The summed E-state index contributed by atoms with van der Waals surface area (Å²) in [5.74, 6) is 0.767. The van der Waals surface area contributed by atoms with Gasteiger partial charge in [-0.05, 0) is 46.0 Å². The van der Waals surface area contributed by atoms with Gasteiger partial charge in [0, 0.05) is 19.1 Å². The summed E-state index contributed by atoms with van der Waals surface area (Å²) in [5, 5.41) is 16.0. The van der Waals surface area contributed by atoms with E-state index in [1.807, 2.05) is 20.8 Å². The number of aliphatic hydroxyl groups excluding tert-OH is 1. The lowest BCUT2D eigenvalue weighted by atomic mass is 10.2. The van der Waals surface area contributed by atoms with E-state index in [-0.39, 0.29) is 35.8 Å². The van der Waals surface area contributed by atoms with Crippen LogP contribution in [-0.2, 0) is 4.74 Å². The Bertz CT molecular complexity index is 974. The third kappa shape index (κ3) is 5.00. The van der Waals surface area contributed by atoms with Crippen molar-refractivity contribution < 1.29 is 23.4 Å². The lowest BCUT2D eigenvalue weighted by Gasteiger charge is -2.24. The Morgan fingerprint density at radius 1 is 1.31 bits per heavy atom. The second kappa shape index (κ2) is 8.64. The number of rotatable bonds is 7. The number of aliphatic hydroxyl groups is 1. The smallest absolute Gasteiger partial charge is 0.410 e. The van der Waals surface area contributed by atoms with Gasteiger partial charge in [-0.2, -0.15) is 18.7 Å². The molecular weight excluding hydrogens is 424 g/mol. The zero-order valence-electron chi connectivity index (χ0n) is 18.4. The largest absolute Gasteiger partial charge is 0.444 e. The number of nitrogens with zero attached hydrogens (tertiary/aromatic N) is 5. The topological polar surface area (TPSA) is 117 Å². The van der Waals surface area contributed by atoms with Crippen LogP contribution < -0.4 is 10.6 Å². The molecule has 1 saturated carbocycles. The fourth-order valence-electron chi connectivity index (χ4n) is 3.77. The van der Waals surface area contributed by atoms with Crippen molar-refractivity contribution in [1.29, 1.82) is 0 Å². The highest BCUT2D eigenvalue weighted by Gasteiger charge is 2.33. The van der Waals surface area contributed by atoms with Crippen LogP contribution in [0.3, 0.4) is 0 Å². The molecule has 0 radical (unpaired) electrons. The molecule has 2 fully saturated rings. The van der Waals surface area contributed by atoms with Gasteiger partial charge in [0.1, 0.15) is 11.9 Å². The van der Waals surface area contributed by atoms with E-state index < -0.39 is 18.2 Å². The first-order valence-corrected chi connectivity index (χ1v) is 10.8. The molecule has 10 nitrogen and oxygen atoms in total. The van der Waals surface area contributed by atoms with Gasteiger partial charge in [0.25, 0.3) is 0 Å². The molecule has 12 heteroatoms. The molecular formula is C20H29F2N7O3. The number of nitrogens with one attached hydrogen (secondary N) is 2. The Balaban J connectivity index is 1.55. The van der Waals surface area contributed by atoms with Crippen molar-refractivity contribution in [1.82, 2.24) is 24.4 Å². The van der Waals surface area contributed by atoms with E-state index >= 15 is 0 Å². The van der Waals surface area contributed by atoms with E-state index in [1.165, 1.54) is 0 Å². The van der Waals surface area contributed by atoms with Crippen molar-refractivity contribution in [3.63, 3.8) is 0 Å². The molecule has 0 spiro atoms. The maximum atomic E-state index is 13.5. The number of likely N-dealkylation sites (tertiary alicyclic amines) is 1. The minimum atomic E-state index is -2.80. The molecule has 1 aliphatic heterocycles. The van der Waals surface area contributed by atoms with Gasteiger partial charge in [-0.1, -0.05) is 0 Å². The van der Waals surface area contributed by atoms with Crippen LogP contribution in [0.1, 0.15) is 46.6 Å². The van der Waals surface area contributed by atoms with Gasteiger partial charge in [-0.25, -0.2) is 9.78 Å². The van der Waals surface area contributed by atoms with Gasteiger partial charge in [0.2, 0.25) is 5.95 Å². The number of anilines is 2. The number of alkyl halides is 2. The Labute approximate surface area is 184 Å². The Hall–Kier alpha value is -2.76. The van der Waals surface area contributed by atoms with Crippen LogP contribution in [0.4, 0.5) is 25.3 Å². The maximum absolute atomic E-state index is 13.5. The van der Waals surface area contributed by atoms with E-state index in [0.717, 1.165) is 19.2 Å². The first-order valence-electron chi connectivity index (χ1n) is 10.8. The van der Waals surface area contributed by atoms with Crippen molar-refractivity contribution in [2.24, 2.45) is 5.92 Å².